The van der Waals surface area contributed by atoms with Crippen LogP contribution in [-0.4, -0.2) is 30.9 Å². The van der Waals surface area contributed by atoms with Crippen molar-refractivity contribution >= 4 is 29.1 Å². The van der Waals surface area contributed by atoms with Crippen LogP contribution in [0.2, 0.25) is 0 Å². The van der Waals surface area contributed by atoms with Crippen molar-refractivity contribution in [2.75, 3.05) is 20.3 Å². The molecule has 9 heteroatoms. The lowest BCUT2D eigenvalue weighted by Crippen LogP contribution is -2.40. The Kier molecular flexibility index (Phi) is 9.64. The van der Waals surface area contributed by atoms with Gasteiger partial charge < -0.3 is 18.9 Å². The molecule has 0 N–H and O–H groups in total. The van der Waals surface area contributed by atoms with Gasteiger partial charge in [-0.1, -0.05) is 90.2 Å². The summed E-state index contributed by atoms with van der Waals surface area (Å²) in [7, 11) is 1.58. The van der Waals surface area contributed by atoms with Gasteiger partial charge in [-0.3, -0.25) is 9.36 Å². The number of fused-ring (bicyclic) bond motifs is 1. The lowest BCUT2D eigenvalue weighted by molar-refractivity contribution is -0.138. The van der Waals surface area contributed by atoms with Gasteiger partial charge in [0.15, 0.2) is 16.3 Å². The third-order valence-corrected chi connectivity index (χ3v) is 8.57. The third kappa shape index (κ3) is 6.76. The molecule has 0 bridgehead atoms. The SMILES string of the molecule is CCOC(=O)C1=C(c2ccccc2)N=c2s/c(=C\c3ccc(OCc4ccccc4)c(OCC)c3)c(=O)n2[C@H]1c1cccc(OC)c1. The second-order valence-electron chi connectivity index (χ2n) is 10.6. The van der Waals surface area contributed by atoms with Crippen molar-refractivity contribution in [3.05, 3.63) is 151 Å². The normalized spacial score (nSPS) is 14.3. The molecule has 6 rings (SSSR count). The molecule has 5 aromatic rings. The van der Waals surface area contributed by atoms with Crippen molar-refractivity contribution in [3.63, 3.8) is 0 Å². The van der Waals surface area contributed by atoms with Gasteiger partial charge in [0.2, 0.25) is 0 Å². The van der Waals surface area contributed by atoms with E-state index in [-0.39, 0.29) is 17.7 Å². The van der Waals surface area contributed by atoms with Crippen LogP contribution < -0.4 is 29.1 Å². The van der Waals surface area contributed by atoms with Gasteiger partial charge in [0.25, 0.3) is 5.56 Å². The Morgan fingerprint density at radius 2 is 1.64 bits per heavy atom. The van der Waals surface area contributed by atoms with E-state index in [1.165, 1.54) is 11.3 Å². The van der Waals surface area contributed by atoms with Crippen molar-refractivity contribution < 1.29 is 23.7 Å². The summed E-state index contributed by atoms with van der Waals surface area (Å²) < 4.78 is 25.1. The van der Waals surface area contributed by atoms with Gasteiger partial charge in [0.05, 0.1) is 42.2 Å². The molecule has 1 atom stereocenters. The summed E-state index contributed by atoms with van der Waals surface area (Å²) >= 11 is 1.26. The number of benzene rings is 4. The molecule has 0 amide bonds. The molecule has 8 nitrogen and oxygen atoms in total. The van der Waals surface area contributed by atoms with E-state index < -0.39 is 12.0 Å². The number of thiazole rings is 1. The van der Waals surface area contributed by atoms with Crippen molar-refractivity contribution in [1.82, 2.24) is 4.57 Å². The zero-order valence-electron chi connectivity index (χ0n) is 26.3. The number of aromatic nitrogens is 1. The minimum absolute atomic E-state index is 0.173. The van der Waals surface area contributed by atoms with Gasteiger partial charge in [-0.25, -0.2) is 9.79 Å². The molecule has 0 saturated heterocycles. The summed E-state index contributed by atoms with van der Waals surface area (Å²) in [4.78, 5) is 33.4. The number of nitrogens with zero attached hydrogens (tertiary/aromatic N) is 2. The number of carbonyl (C=O) groups is 1. The fraction of sp³-hybridized carbons (Fsp3) is 0.184. The maximum atomic E-state index is 14.3. The van der Waals surface area contributed by atoms with Crippen molar-refractivity contribution in [2.45, 2.75) is 26.5 Å². The number of rotatable bonds is 11. The summed E-state index contributed by atoms with van der Waals surface area (Å²) in [6.45, 7) is 4.69. The average Bonchev–Trinajstić information content (AvgIpc) is 3.42. The van der Waals surface area contributed by atoms with Crippen molar-refractivity contribution in [1.29, 1.82) is 0 Å². The van der Waals surface area contributed by atoms with Crippen LogP contribution in [0.3, 0.4) is 0 Å². The smallest absolute Gasteiger partial charge is 0.338 e. The largest absolute Gasteiger partial charge is 0.497 e. The molecule has 0 aliphatic carbocycles. The summed E-state index contributed by atoms with van der Waals surface area (Å²) in [5.41, 5.74) is 3.71. The second-order valence-corrected chi connectivity index (χ2v) is 11.6. The monoisotopic (exact) mass is 646 g/mol. The van der Waals surface area contributed by atoms with Crippen LogP contribution in [0.5, 0.6) is 17.2 Å². The Morgan fingerprint density at radius 1 is 0.872 bits per heavy atom. The maximum absolute atomic E-state index is 14.3. The number of hydrogen-bond acceptors (Lipinski definition) is 8. The molecular weight excluding hydrogens is 612 g/mol. The van der Waals surface area contributed by atoms with E-state index in [1.54, 1.807) is 18.6 Å². The molecule has 2 heterocycles. The summed E-state index contributed by atoms with van der Waals surface area (Å²) in [6.07, 6.45) is 1.81. The lowest BCUT2D eigenvalue weighted by atomic mass is 9.93. The van der Waals surface area contributed by atoms with Crippen LogP contribution in [0.1, 0.15) is 42.1 Å². The molecule has 47 heavy (non-hydrogen) atoms. The van der Waals surface area contributed by atoms with E-state index in [1.807, 2.05) is 116 Å². The summed E-state index contributed by atoms with van der Waals surface area (Å²) in [5.74, 6) is 1.25. The van der Waals surface area contributed by atoms with Gasteiger partial charge in [0.1, 0.15) is 12.4 Å². The minimum atomic E-state index is -0.800. The highest BCUT2D eigenvalue weighted by molar-refractivity contribution is 7.07. The Hall–Kier alpha value is -5.41. The van der Waals surface area contributed by atoms with E-state index in [0.717, 1.165) is 16.7 Å². The van der Waals surface area contributed by atoms with E-state index in [9.17, 15) is 9.59 Å². The number of hydrogen-bond donors (Lipinski definition) is 0. The van der Waals surface area contributed by atoms with Gasteiger partial charge >= 0.3 is 5.97 Å². The molecule has 4 aromatic carbocycles. The molecule has 1 aliphatic rings. The topological polar surface area (TPSA) is 88.4 Å². The van der Waals surface area contributed by atoms with Gasteiger partial charge in [-0.2, -0.15) is 0 Å². The highest BCUT2D eigenvalue weighted by Gasteiger charge is 2.35. The molecule has 1 aliphatic heterocycles. The first-order chi connectivity index (χ1) is 23.0. The van der Waals surface area contributed by atoms with Gasteiger partial charge in [0, 0.05) is 5.56 Å². The standard InChI is InChI=1S/C38H34N2O6S/c1-4-44-31-21-26(19-20-30(31)46-24-25-13-8-6-9-14-25)22-32-36(41)40-35(28-17-12-18-29(23-28)43-3)33(37(42)45-5-2)34(39-38(40)47-32)27-15-10-7-11-16-27/h6-23,35H,4-5,24H2,1-3H3/b32-22-/t35-/m0/s1. The average molecular weight is 647 g/mol. The second kappa shape index (κ2) is 14.3. The predicted molar refractivity (Wildman–Crippen MR) is 182 cm³/mol. The first-order valence-electron chi connectivity index (χ1n) is 15.4. The maximum Gasteiger partial charge on any atom is 0.338 e. The van der Waals surface area contributed by atoms with E-state index >= 15 is 0 Å². The lowest BCUT2D eigenvalue weighted by Gasteiger charge is -2.26. The van der Waals surface area contributed by atoms with Gasteiger partial charge in [-0.15, -0.1) is 0 Å². The number of carbonyl (C=O) groups excluding carboxylic acids is 1. The highest BCUT2D eigenvalue weighted by atomic mass is 32.1. The van der Waals surface area contributed by atoms with Crippen LogP contribution in [0, 0.1) is 0 Å². The molecule has 0 saturated carbocycles. The first-order valence-corrected chi connectivity index (χ1v) is 16.2. The van der Waals surface area contributed by atoms with Gasteiger partial charge in [-0.05, 0) is 60.9 Å². The Bertz CT molecular complexity index is 2100. The Balaban J connectivity index is 1.50. The van der Waals surface area contributed by atoms with E-state index in [0.29, 0.717) is 51.1 Å². The van der Waals surface area contributed by atoms with Crippen LogP contribution in [0.25, 0.3) is 11.8 Å². The van der Waals surface area contributed by atoms with E-state index in [4.69, 9.17) is 23.9 Å². The first kappa shape index (κ1) is 31.6. The number of methoxy groups -OCH3 is 1. The van der Waals surface area contributed by atoms with Crippen LogP contribution in [-0.2, 0) is 16.1 Å². The van der Waals surface area contributed by atoms with Crippen LogP contribution in [0.4, 0.5) is 0 Å². The van der Waals surface area contributed by atoms with Crippen LogP contribution in [0.15, 0.2) is 118 Å². The summed E-state index contributed by atoms with van der Waals surface area (Å²) in [5, 5.41) is 0. The van der Waals surface area contributed by atoms with Crippen molar-refractivity contribution in [2.24, 2.45) is 4.99 Å². The zero-order valence-corrected chi connectivity index (χ0v) is 27.2. The molecule has 0 radical (unpaired) electrons. The number of ether oxygens (including phenoxy) is 4. The zero-order chi connectivity index (χ0) is 32.8. The highest BCUT2D eigenvalue weighted by Crippen LogP contribution is 2.36. The Labute approximate surface area is 276 Å². The fourth-order valence-corrected chi connectivity index (χ4v) is 6.46. The fourth-order valence-electron chi connectivity index (χ4n) is 5.46. The van der Waals surface area contributed by atoms with Crippen molar-refractivity contribution in [3.8, 4) is 17.2 Å². The quantitative estimate of drug-likeness (QED) is 0.166. The Morgan fingerprint density at radius 3 is 2.36 bits per heavy atom. The minimum Gasteiger partial charge on any atom is -0.497 e. The predicted octanol–water partition coefficient (Wildman–Crippen LogP) is 5.92. The van der Waals surface area contributed by atoms with Crippen LogP contribution >= 0.6 is 11.3 Å². The molecule has 1 aromatic heterocycles. The third-order valence-electron chi connectivity index (χ3n) is 7.59. The molecule has 0 unspecified atom stereocenters. The van der Waals surface area contributed by atoms with E-state index in [2.05, 4.69) is 0 Å². The summed E-state index contributed by atoms with van der Waals surface area (Å²) in [6, 6.07) is 31.5. The molecule has 238 valence electrons. The molecule has 0 spiro atoms. The number of esters is 1. The molecule has 0 fully saturated rings. The molecular formula is C38H34N2O6S.